The fourth-order valence-electron chi connectivity index (χ4n) is 1.71. The molecule has 1 saturated heterocycles. The van der Waals surface area contributed by atoms with Crippen LogP contribution in [0.4, 0.5) is 0 Å². The van der Waals surface area contributed by atoms with Gasteiger partial charge >= 0.3 is 0 Å². The fourth-order valence-corrected chi connectivity index (χ4v) is 2.06. The van der Waals surface area contributed by atoms with Gasteiger partial charge in [-0.3, -0.25) is 9.59 Å². The molecule has 0 radical (unpaired) electrons. The van der Waals surface area contributed by atoms with E-state index < -0.39 is 0 Å². The molecule has 1 unspecified atom stereocenters. The van der Waals surface area contributed by atoms with Gasteiger partial charge in [0.15, 0.2) is 0 Å². The molecule has 0 aromatic rings. The van der Waals surface area contributed by atoms with Crippen LogP contribution in [0.5, 0.6) is 0 Å². The number of hydrogen-bond donors (Lipinski definition) is 1. The number of hydrogen-bond acceptors (Lipinski definition) is 2. The van der Waals surface area contributed by atoms with Gasteiger partial charge in [0, 0.05) is 20.1 Å². The number of amides is 2. The van der Waals surface area contributed by atoms with Crippen LogP contribution in [0.2, 0.25) is 0 Å². The second-order valence-corrected chi connectivity index (χ2v) is 3.99. The lowest BCUT2D eigenvalue weighted by Crippen LogP contribution is -2.45. The average Bonchev–Trinajstić information content (AvgIpc) is 2.27. The van der Waals surface area contributed by atoms with Crippen molar-refractivity contribution >= 4 is 27.7 Å². The molecule has 0 saturated carbocycles. The van der Waals surface area contributed by atoms with Crippen LogP contribution >= 0.6 is 15.9 Å². The van der Waals surface area contributed by atoms with Gasteiger partial charge in [0.05, 0.1) is 11.2 Å². The van der Waals surface area contributed by atoms with Crippen molar-refractivity contribution in [1.82, 2.24) is 10.2 Å². The van der Waals surface area contributed by atoms with Crippen molar-refractivity contribution in [2.75, 3.05) is 25.5 Å². The van der Waals surface area contributed by atoms with Gasteiger partial charge in [-0.1, -0.05) is 15.9 Å². The maximum Gasteiger partial charge on any atom is 0.233 e. The third kappa shape index (κ3) is 2.70. The molecule has 0 aromatic heterocycles. The molecule has 1 fully saturated rings. The molecule has 0 spiro atoms. The Kier molecular flexibility index (Phi) is 4.38. The molecule has 5 heteroatoms. The SMILES string of the molecule is CNC(=O)C1CCCN(C(=O)CBr)C1. The normalized spacial score (nSPS) is 21.9. The van der Waals surface area contributed by atoms with Gasteiger partial charge in [-0.25, -0.2) is 0 Å². The van der Waals surface area contributed by atoms with Gasteiger partial charge in [0.25, 0.3) is 0 Å². The second-order valence-electron chi connectivity index (χ2n) is 3.43. The van der Waals surface area contributed by atoms with Gasteiger partial charge < -0.3 is 10.2 Å². The Morgan fingerprint density at radius 1 is 1.57 bits per heavy atom. The monoisotopic (exact) mass is 262 g/mol. The number of carbonyl (C=O) groups is 2. The molecule has 1 rings (SSSR count). The predicted octanol–water partition coefficient (Wildman–Crippen LogP) is 0.366. The molecule has 0 aliphatic carbocycles. The van der Waals surface area contributed by atoms with Crippen LogP contribution < -0.4 is 5.32 Å². The van der Waals surface area contributed by atoms with E-state index in [1.807, 2.05) is 0 Å². The van der Waals surface area contributed by atoms with Crippen LogP contribution in [0.15, 0.2) is 0 Å². The van der Waals surface area contributed by atoms with Gasteiger partial charge in [0.2, 0.25) is 11.8 Å². The highest BCUT2D eigenvalue weighted by Crippen LogP contribution is 2.16. The van der Waals surface area contributed by atoms with E-state index in [-0.39, 0.29) is 17.7 Å². The van der Waals surface area contributed by atoms with Gasteiger partial charge in [-0.2, -0.15) is 0 Å². The lowest BCUT2D eigenvalue weighted by atomic mass is 9.97. The first-order valence-corrected chi connectivity index (χ1v) is 5.86. The van der Waals surface area contributed by atoms with Crippen molar-refractivity contribution in [2.24, 2.45) is 5.92 Å². The summed E-state index contributed by atoms with van der Waals surface area (Å²) in [6, 6.07) is 0. The molecular weight excluding hydrogens is 248 g/mol. The summed E-state index contributed by atoms with van der Waals surface area (Å²) >= 11 is 3.13. The number of likely N-dealkylation sites (tertiary alicyclic amines) is 1. The number of halogens is 1. The second kappa shape index (κ2) is 5.34. The zero-order valence-electron chi connectivity index (χ0n) is 8.25. The van der Waals surface area contributed by atoms with Crippen LogP contribution in [0, 0.1) is 5.92 Å². The van der Waals surface area contributed by atoms with Crippen molar-refractivity contribution in [3.63, 3.8) is 0 Å². The Morgan fingerprint density at radius 3 is 2.86 bits per heavy atom. The number of nitrogens with zero attached hydrogens (tertiary/aromatic N) is 1. The van der Waals surface area contributed by atoms with E-state index in [0.29, 0.717) is 11.9 Å². The van der Waals surface area contributed by atoms with Gasteiger partial charge in [-0.05, 0) is 12.8 Å². The minimum atomic E-state index is -0.0308. The van der Waals surface area contributed by atoms with E-state index in [1.165, 1.54) is 0 Å². The first kappa shape index (κ1) is 11.5. The van der Waals surface area contributed by atoms with Crippen molar-refractivity contribution in [3.8, 4) is 0 Å². The number of rotatable bonds is 2. The molecule has 1 aliphatic heterocycles. The van der Waals surface area contributed by atoms with E-state index in [1.54, 1.807) is 11.9 Å². The molecule has 2 amide bonds. The van der Waals surface area contributed by atoms with E-state index >= 15 is 0 Å². The summed E-state index contributed by atoms with van der Waals surface area (Å²) in [6.07, 6.45) is 1.79. The molecule has 14 heavy (non-hydrogen) atoms. The summed E-state index contributed by atoms with van der Waals surface area (Å²) in [6.45, 7) is 1.34. The molecule has 1 heterocycles. The van der Waals surface area contributed by atoms with Gasteiger partial charge in [-0.15, -0.1) is 0 Å². The number of carbonyl (C=O) groups excluding carboxylic acids is 2. The standard InChI is InChI=1S/C9H15BrN2O2/c1-11-9(14)7-3-2-4-12(6-7)8(13)5-10/h7H,2-6H2,1H3,(H,11,14). The minimum absolute atomic E-state index is 0.0308. The van der Waals surface area contributed by atoms with E-state index in [9.17, 15) is 9.59 Å². The summed E-state index contributed by atoms with van der Waals surface area (Å²) < 4.78 is 0. The quantitative estimate of drug-likeness (QED) is 0.731. The zero-order valence-corrected chi connectivity index (χ0v) is 9.84. The predicted molar refractivity (Wildman–Crippen MR) is 57.2 cm³/mol. The van der Waals surface area contributed by atoms with E-state index in [4.69, 9.17) is 0 Å². The topological polar surface area (TPSA) is 49.4 Å². The molecule has 1 atom stereocenters. The molecule has 0 bridgehead atoms. The number of nitrogens with one attached hydrogen (secondary N) is 1. The summed E-state index contributed by atoms with van der Waals surface area (Å²) in [5.41, 5.74) is 0. The maximum atomic E-state index is 11.4. The first-order valence-electron chi connectivity index (χ1n) is 4.74. The molecule has 1 N–H and O–H groups in total. The Bertz CT molecular complexity index is 211. The number of alkyl halides is 1. The largest absolute Gasteiger partial charge is 0.359 e. The Hall–Kier alpha value is -0.580. The van der Waals surface area contributed by atoms with Crippen LogP contribution in [0.1, 0.15) is 12.8 Å². The zero-order chi connectivity index (χ0) is 10.6. The first-order chi connectivity index (χ1) is 6.69. The summed E-state index contributed by atoms with van der Waals surface area (Å²) in [7, 11) is 1.63. The fraction of sp³-hybridized carbons (Fsp3) is 0.778. The van der Waals surface area contributed by atoms with Crippen molar-refractivity contribution in [2.45, 2.75) is 12.8 Å². The minimum Gasteiger partial charge on any atom is -0.359 e. The van der Waals surface area contributed by atoms with E-state index in [0.717, 1.165) is 19.4 Å². The Labute approximate surface area is 92.2 Å². The van der Waals surface area contributed by atoms with Crippen LogP contribution in [0.3, 0.4) is 0 Å². The lowest BCUT2D eigenvalue weighted by molar-refractivity contribution is -0.133. The molecule has 4 nitrogen and oxygen atoms in total. The highest BCUT2D eigenvalue weighted by Gasteiger charge is 2.26. The average molecular weight is 263 g/mol. The lowest BCUT2D eigenvalue weighted by Gasteiger charge is -2.31. The van der Waals surface area contributed by atoms with Crippen molar-refractivity contribution < 1.29 is 9.59 Å². The third-order valence-electron chi connectivity index (χ3n) is 2.51. The van der Waals surface area contributed by atoms with Crippen LogP contribution in [0.25, 0.3) is 0 Å². The third-order valence-corrected chi connectivity index (χ3v) is 2.99. The van der Waals surface area contributed by atoms with Crippen LogP contribution in [-0.2, 0) is 9.59 Å². The summed E-state index contributed by atoms with van der Waals surface area (Å²) in [4.78, 5) is 24.5. The highest BCUT2D eigenvalue weighted by molar-refractivity contribution is 9.09. The maximum absolute atomic E-state index is 11.4. The van der Waals surface area contributed by atoms with Crippen LogP contribution in [-0.4, -0.2) is 42.2 Å². The van der Waals surface area contributed by atoms with Crippen molar-refractivity contribution in [3.05, 3.63) is 0 Å². The number of piperidine rings is 1. The molecule has 0 aromatic carbocycles. The van der Waals surface area contributed by atoms with Gasteiger partial charge in [0.1, 0.15) is 0 Å². The summed E-state index contributed by atoms with van der Waals surface area (Å²) in [5, 5.41) is 2.96. The smallest absolute Gasteiger partial charge is 0.233 e. The summed E-state index contributed by atoms with van der Waals surface area (Å²) in [5.74, 6) is 0.0763. The molecule has 1 aliphatic rings. The Balaban J connectivity index is 2.51. The highest BCUT2D eigenvalue weighted by atomic mass is 79.9. The van der Waals surface area contributed by atoms with E-state index in [2.05, 4.69) is 21.2 Å². The molecular formula is C9H15BrN2O2. The Morgan fingerprint density at radius 2 is 2.29 bits per heavy atom. The van der Waals surface area contributed by atoms with Crippen molar-refractivity contribution in [1.29, 1.82) is 0 Å². The molecule has 80 valence electrons.